The molecule has 0 amide bonds. The first-order chi connectivity index (χ1) is 6.44. The van der Waals surface area contributed by atoms with E-state index in [2.05, 4.69) is 4.98 Å². The van der Waals surface area contributed by atoms with Crippen molar-refractivity contribution >= 4 is 5.97 Å². The van der Waals surface area contributed by atoms with Crippen molar-refractivity contribution < 1.29 is 14.3 Å². The van der Waals surface area contributed by atoms with Gasteiger partial charge in [-0.1, -0.05) is 0 Å². The lowest BCUT2D eigenvalue weighted by Gasteiger charge is -2.19. The van der Waals surface area contributed by atoms with Gasteiger partial charge >= 0.3 is 5.97 Å². The molecule has 1 rings (SSSR count). The molecule has 0 saturated carbocycles. The van der Waals surface area contributed by atoms with Gasteiger partial charge in [0.05, 0.1) is 7.11 Å². The molecule has 0 saturated heterocycles. The molecule has 0 unspecified atom stereocenters. The summed E-state index contributed by atoms with van der Waals surface area (Å²) in [5.41, 5.74) is -0.143. The number of H-pyrrole nitrogens is 1. The molecular weight excluding hydrogens is 182 g/mol. The Bertz CT molecular complexity index is 322. The summed E-state index contributed by atoms with van der Waals surface area (Å²) in [5.74, 6) is 0.0959. The first kappa shape index (κ1) is 10.6. The molecule has 0 atom stereocenters. The molecule has 4 heteroatoms. The van der Waals surface area contributed by atoms with E-state index in [-0.39, 0.29) is 0 Å². The van der Waals surface area contributed by atoms with Crippen molar-refractivity contribution in [1.82, 2.24) is 4.98 Å². The summed E-state index contributed by atoms with van der Waals surface area (Å²) in [7, 11) is 1.51. The minimum absolute atomic E-state index is 0.349. The molecule has 1 heterocycles. The summed E-state index contributed by atoms with van der Waals surface area (Å²) >= 11 is 0. The number of hydrogen-bond acceptors (Lipinski definition) is 3. The summed E-state index contributed by atoms with van der Waals surface area (Å²) in [6, 6.07) is 1.68. The maximum absolute atomic E-state index is 11.6. The summed E-state index contributed by atoms with van der Waals surface area (Å²) in [5, 5.41) is 0. The molecule has 1 aromatic heterocycles. The third-order valence-corrected chi connectivity index (χ3v) is 1.53. The standard InChI is InChI=1S/C10H15NO3/c1-10(2,3)14-9(12)8-7(13-4)5-6-11-8/h5-6,11H,1-4H3. The number of esters is 1. The fourth-order valence-corrected chi connectivity index (χ4v) is 1.01. The van der Waals surface area contributed by atoms with Crippen LogP contribution in [0.2, 0.25) is 0 Å². The highest BCUT2D eigenvalue weighted by Gasteiger charge is 2.21. The molecule has 0 spiro atoms. The van der Waals surface area contributed by atoms with E-state index in [1.807, 2.05) is 20.8 Å². The third kappa shape index (κ3) is 2.52. The smallest absolute Gasteiger partial charge is 0.359 e. The molecule has 1 N–H and O–H groups in total. The van der Waals surface area contributed by atoms with Gasteiger partial charge in [0.1, 0.15) is 5.60 Å². The predicted octanol–water partition coefficient (Wildman–Crippen LogP) is 1.98. The highest BCUT2D eigenvalue weighted by molar-refractivity contribution is 5.90. The topological polar surface area (TPSA) is 51.3 Å². The zero-order valence-electron chi connectivity index (χ0n) is 8.88. The Morgan fingerprint density at radius 1 is 1.43 bits per heavy atom. The van der Waals surface area contributed by atoms with Crippen LogP contribution in [0.4, 0.5) is 0 Å². The number of aromatic amines is 1. The quantitative estimate of drug-likeness (QED) is 0.737. The second-order valence-corrected chi connectivity index (χ2v) is 3.92. The summed E-state index contributed by atoms with van der Waals surface area (Å²) < 4.78 is 10.2. The van der Waals surface area contributed by atoms with Crippen LogP contribution in [0.25, 0.3) is 0 Å². The Balaban J connectivity index is 2.80. The van der Waals surface area contributed by atoms with Gasteiger partial charge in [-0.3, -0.25) is 0 Å². The fourth-order valence-electron chi connectivity index (χ4n) is 1.01. The number of ether oxygens (including phenoxy) is 2. The van der Waals surface area contributed by atoms with Crippen LogP contribution in [0.5, 0.6) is 5.75 Å². The average molecular weight is 197 g/mol. The summed E-state index contributed by atoms with van der Waals surface area (Å²) in [6.07, 6.45) is 1.64. The van der Waals surface area contributed by atoms with Crippen molar-refractivity contribution in [3.8, 4) is 5.75 Å². The highest BCUT2D eigenvalue weighted by Crippen LogP contribution is 2.19. The normalized spacial score (nSPS) is 11.1. The Labute approximate surface area is 83.2 Å². The fraction of sp³-hybridized carbons (Fsp3) is 0.500. The van der Waals surface area contributed by atoms with E-state index in [4.69, 9.17) is 9.47 Å². The van der Waals surface area contributed by atoms with Crippen LogP contribution >= 0.6 is 0 Å². The Hall–Kier alpha value is -1.45. The van der Waals surface area contributed by atoms with Gasteiger partial charge in [-0.2, -0.15) is 0 Å². The minimum atomic E-state index is -0.493. The van der Waals surface area contributed by atoms with Gasteiger partial charge in [-0.05, 0) is 26.8 Å². The van der Waals surface area contributed by atoms with Gasteiger partial charge < -0.3 is 14.5 Å². The van der Waals surface area contributed by atoms with Crippen LogP contribution in [0.15, 0.2) is 12.3 Å². The third-order valence-electron chi connectivity index (χ3n) is 1.53. The summed E-state index contributed by atoms with van der Waals surface area (Å²) in [6.45, 7) is 5.46. The molecule has 0 aliphatic heterocycles. The van der Waals surface area contributed by atoms with Gasteiger partial charge in [-0.15, -0.1) is 0 Å². The lowest BCUT2D eigenvalue weighted by molar-refractivity contribution is 0.00606. The zero-order valence-corrected chi connectivity index (χ0v) is 8.88. The van der Waals surface area contributed by atoms with E-state index in [0.717, 1.165) is 0 Å². The molecule has 0 fully saturated rings. The SMILES string of the molecule is COc1cc[nH]c1C(=O)OC(C)(C)C. The molecule has 0 bridgehead atoms. The van der Waals surface area contributed by atoms with Crippen molar-refractivity contribution in [2.24, 2.45) is 0 Å². The van der Waals surface area contributed by atoms with E-state index in [1.165, 1.54) is 7.11 Å². The van der Waals surface area contributed by atoms with Crippen molar-refractivity contribution in [3.63, 3.8) is 0 Å². The second-order valence-electron chi connectivity index (χ2n) is 3.92. The number of methoxy groups -OCH3 is 1. The Morgan fingerprint density at radius 3 is 2.57 bits per heavy atom. The molecule has 1 aromatic rings. The van der Waals surface area contributed by atoms with Crippen molar-refractivity contribution in [2.75, 3.05) is 7.11 Å². The average Bonchev–Trinajstić information content (AvgIpc) is 2.47. The van der Waals surface area contributed by atoms with Gasteiger partial charge in [0, 0.05) is 6.20 Å². The molecule has 0 radical (unpaired) electrons. The van der Waals surface area contributed by atoms with Crippen molar-refractivity contribution in [3.05, 3.63) is 18.0 Å². The zero-order chi connectivity index (χ0) is 10.8. The molecule has 14 heavy (non-hydrogen) atoms. The van der Waals surface area contributed by atoms with Crippen LogP contribution in [-0.2, 0) is 4.74 Å². The number of carbonyl (C=O) groups is 1. The minimum Gasteiger partial charge on any atom is -0.494 e. The first-order valence-electron chi connectivity index (χ1n) is 4.39. The van der Waals surface area contributed by atoms with Crippen molar-refractivity contribution in [2.45, 2.75) is 26.4 Å². The number of rotatable bonds is 2. The second kappa shape index (κ2) is 3.74. The lowest BCUT2D eigenvalue weighted by Crippen LogP contribution is -2.24. The Morgan fingerprint density at radius 2 is 2.07 bits per heavy atom. The molecule has 78 valence electrons. The number of hydrogen-bond donors (Lipinski definition) is 1. The van der Waals surface area contributed by atoms with Gasteiger partial charge in [0.15, 0.2) is 11.4 Å². The summed E-state index contributed by atoms with van der Waals surface area (Å²) in [4.78, 5) is 14.3. The van der Waals surface area contributed by atoms with Crippen LogP contribution < -0.4 is 4.74 Å². The van der Waals surface area contributed by atoms with E-state index in [9.17, 15) is 4.79 Å². The number of nitrogens with one attached hydrogen (secondary N) is 1. The molecule has 4 nitrogen and oxygen atoms in total. The maximum atomic E-state index is 11.6. The van der Waals surface area contributed by atoms with E-state index in [1.54, 1.807) is 12.3 Å². The van der Waals surface area contributed by atoms with Crippen molar-refractivity contribution in [1.29, 1.82) is 0 Å². The molecule has 0 aliphatic carbocycles. The monoisotopic (exact) mass is 197 g/mol. The van der Waals surface area contributed by atoms with Gasteiger partial charge in [0.2, 0.25) is 0 Å². The van der Waals surface area contributed by atoms with E-state index < -0.39 is 11.6 Å². The first-order valence-corrected chi connectivity index (χ1v) is 4.39. The molecular formula is C10H15NO3. The molecule has 0 aromatic carbocycles. The maximum Gasteiger partial charge on any atom is 0.359 e. The predicted molar refractivity (Wildman–Crippen MR) is 52.5 cm³/mol. The highest BCUT2D eigenvalue weighted by atomic mass is 16.6. The van der Waals surface area contributed by atoms with E-state index in [0.29, 0.717) is 11.4 Å². The van der Waals surface area contributed by atoms with Crippen LogP contribution in [0.1, 0.15) is 31.3 Å². The number of carbonyl (C=O) groups excluding carboxylic acids is 1. The Kier molecular flexibility index (Phi) is 2.84. The van der Waals surface area contributed by atoms with E-state index >= 15 is 0 Å². The van der Waals surface area contributed by atoms with Gasteiger partial charge in [-0.25, -0.2) is 4.79 Å². The lowest BCUT2D eigenvalue weighted by atomic mass is 10.2. The largest absolute Gasteiger partial charge is 0.494 e. The number of aromatic nitrogens is 1. The van der Waals surface area contributed by atoms with Crippen LogP contribution in [-0.4, -0.2) is 23.7 Å². The van der Waals surface area contributed by atoms with Crippen LogP contribution in [0, 0.1) is 0 Å². The molecule has 0 aliphatic rings. The van der Waals surface area contributed by atoms with Gasteiger partial charge in [0.25, 0.3) is 0 Å². The van der Waals surface area contributed by atoms with Crippen LogP contribution in [0.3, 0.4) is 0 Å².